The van der Waals surface area contributed by atoms with Gasteiger partial charge in [-0.25, -0.2) is 9.67 Å². The molecule has 0 spiro atoms. The predicted octanol–water partition coefficient (Wildman–Crippen LogP) is 2.21. The van der Waals surface area contributed by atoms with E-state index in [0.29, 0.717) is 74.7 Å². The van der Waals surface area contributed by atoms with Gasteiger partial charge in [0.1, 0.15) is 30.2 Å². The van der Waals surface area contributed by atoms with Crippen LogP contribution in [0.3, 0.4) is 0 Å². The molecule has 0 bridgehead atoms. The molecular formula is C38H52N8O7. The Morgan fingerprint density at radius 3 is 2.38 bits per heavy atom. The standard InChI is InChI=1S/C38H52N8O7/c1-24(2)35-36-41-26(4)44-46(36)23-34(48)39-14-16-45(22-28-20-31-32(21-30(28)51-5)53-18-10-17-52-31)15-9-13-33(47)40-25(3)37(49)42-29(38(50)43-35)19-27-11-7-6-8-12-27/h6-8,11-12,20-21,24-25,29,35H,9-10,13-19,22-23H2,1-5H3,(H,39,48)(H,40,47)(H,42,49)(H,43,50)/t25-,29+,35-/m0/s1. The van der Waals surface area contributed by atoms with Gasteiger partial charge in [0, 0.05) is 50.5 Å². The van der Waals surface area contributed by atoms with Crippen molar-refractivity contribution in [1.29, 1.82) is 0 Å². The van der Waals surface area contributed by atoms with E-state index in [1.54, 1.807) is 21.0 Å². The number of aromatic nitrogens is 3. The number of methoxy groups -OCH3 is 1. The van der Waals surface area contributed by atoms with E-state index in [0.717, 1.165) is 17.5 Å². The van der Waals surface area contributed by atoms with Crippen LogP contribution in [0, 0.1) is 12.8 Å². The predicted molar refractivity (Wildman–Crippen MR) is 196 cm³/mol. The Labute approximate surface area is 310 Å². The van der Waals surface area contributed by atoms with Gasteiger partial charge in [0.15, 0.2) is 17.3 Å². The number of aryl methyl sites for hydroxylation is 1. The third kappa shape index (κ3) is 10.9. The zero-order chi connectivity index (χ0) is 37.9. The lowest BCUT2D eigenvalue weighted by atomic mass is 10.0. The number of rotatable bonds is 6. The summed E-state index contributed by atoms with van der Waals surface area (Å²) in [6, 6.07) is 10.7. The van der Waals surface area contributed by atoms with E-state index in [4.69, 9.17) is 14.2 Å². The van der Waals surface area contributed by atoms with Gasteiger partial charge < -0.3 is 35.5 Å². The highest BCUT2D eigenvalue weighted by atomic mass is 16.5. The van der Waals surface area contributed by atoms with Gasteiger partial charge in [0.05, 0.1) is 26.4 Å². The fourth-order valence-electron chi connectivity index (χ4n) is 6.40. The average molecular weight is 733 g/mol. The summed E-state index contributed by atoms with van der Waals surface area (Å²) in [6.07, 6.45) is 1.65. The van der Waals surface area contributed by atoms with Crippen LogP contribution in [0.1, 0.15) is 68.9 Å². The first-order chi connectivity index (χ1) is 25.5. The lowest BCUT2D eigenvalue weighted by molar-refractivity contribution is -0.132. The maximum absolute atomic E-state index is 13.9. The summed E-state index contributed by atoms with van der Waals surface area (Å²) in [5.74, 6) is 1.22. The van der Waals surface area contributed by atoms with Crippen molar-refractivity contribution in [1.82, 2.24) is 40.9 Å². The number of nitrogens with one attached hydrogen (secondary N) is 4. The SMILES string of the molecule is COc1cc2c(cc1CN1CCCC(=O)N[C@@H](C)C(=O)N[C@H](Cc3ccccc3)C(=O)N[C@@H](C(C)C)c3nc(C)nn3CC(=O)NCC1)OCCCO2. The highest BCUT2D eigenvalue weighted by molar-refractivity contribution is 5.92. The molecule has 0 fully saturated rings. The Morgan fingerprint density at radius 1 is 0.925 bits per heavy atom. The highest BCUT2D eigenvalue weighted by Crippen LogP contribution is 2.37. The maximum atomic E-state index is 13.9. The molecule has 15 heteroatoms. The van der Waals surface area contributed by atoms with E-state index in [1.165, 1.54) is 4.68 Å². The molecular weight excluding hydrogens is 680 g/mol. The summed E-state index contributed by atoms with van der Waals surface area (Å²) in [5, 5.41) is 16.2. The van der Waals surface area contributed by atoms with Gasteiger partial charge >= 0.3 is 0 Å². The summed E-state index contributed by atoms with van der Waals surface area (Å²) in [4.78, 5) is 60.5. The first-order valence-electron chi connectivity index (χ1n) is 18.3. The number of hydrogen-bond donors (Lipinski definition) is 4. The number of amides is 4. The molecule has 15 nitrogen and oxygen atoms in total. The number of carbonyl (C=O) groups excluding carboxylic acids is 4. The Hall–Kier alpha value is -5.18. The second kappa shape index (κ2) is 18.5. The van der Waals surface area contributed by atoms with Crippen LogP contribution in [0.5, 0.6) is 17.2 Å². The fraction of sp³-hybridized carbons (Fsp3) is 0.526. The van der Waals surface area contributed by atoms with Crippen molar-refractivity contribution in [2.24, 2.45) is 5.92 Å². The quantitative estimate of drug-likeness (QED) is 0.294. The van der Waals surface area contributed by atoms with Gasteiger partial charge in [-0.3, -0.25) is 24.1 Å². The van der Waals surface area contributed by atoms with Crippen LogP contribution in [0.15, 0.2) is 42.5 Å². The summed E-state index contributed by atoms with van der Waals surface area (Å²) >= 11 is 0. The molecule has 0 aliphatic carbocycles. The summed E-state index contributed by atoms with van der Waals surface area (Å²) < 4.78 is 19.0. The Balaban J connectivity index is 1.39. The van der Waals surface area contributed by atoms with Crippen LogP contribution in [-0.2, 0) is 38.7 Å². The normalized spacial score (nSPS) is 21.4. The molecule has 2 aliphatic heterocycles. The Kier molecular flexibility index (Phi) is 13.7. The van der Waals surface area contributed by atoms with Crippen LogP contribution >= 0.6 is 0 Å². The van der Waals surface area contributed by atoms with E-state index in [1.807, 2.05) is 56.3 Å². The van der Waals surface area contributed by atoms with Crippen molar-refractivity contribution >= 4 is 23.6 Å². The molecule has 4 N–H and O–H groups in total. The van der Waals surface area contributed by atoms with Crippen molar-refractivity contribution in [2.45, 2.75) is 84.6 Å². The zero-order valence-corrected chi connectivity index (χ0v) is 31.3. The number of nitrogens with zero attached hydrogens (tertiary/aromatic N) is 4. The lowest BCUT2D eigenvalue weighted by Gasteiger charge is -2.27. The molecule has 0 saturated carbocycles. The smallest absolute Gasteiger partial charge is 0.243 e. The van der Waals surface area contributed by atoms with Crippen LogP contribution in [0.2, 0.25) is 0 Å². The minimum atomic E-state index is -0.952. The topological polar surface area (TPSA) is 178 Å². The second-order valence-corrected chi connectivity index (χ2v) is 13.8. The molecule has 4 amide bonds. The van der Waals surface area contributed by atoms with Crippen molar-refractivity contribution in [3.63, 3.8) is 0 Å². The first kappa shape index (κ1) is 39.0. The molecule has 53 heavy (non-hydrogen) atoms. The Bertz CT molecular complexity index is 1730. The van der Waals surface area contributed by atoms with Crippen LogP contribution in [-0.4, -0.2) is 95.3 Å². The molecule has 0 saturated heterocycles. The largest absolute Gasteiger partial charge is 0.496 e. The van der Waals surface area contributed by atoms with Crippen molar-refractivity contribution in [2.75, 3.05) is 40.0 Å². The minimum absolute atomic E-state index is 0.104. The monoisotopic (exact) mass is 732 g/mol. The second-order valence-electron chi connectivity index (χ2n) is 13.8. The summed E-state index contributed by atoms with van der Waals surface area (Å²) in [7, 11) is 1.60. The molecule has 0 unspecified atom stereocenters. The molecule has 2 aliphatic rings. The van der Waals surface area contributed by atoms with Crippen molar-refractivity contribution < 1.29 is 33.4 Å². The van der Waals surface area contributed by atoms with Crippen LogP contribution in [0.4, 0.5) is 0 Å². The maximum Gasteiger partial charge on any atom is 0.243 e. The number of fused-ring (bicyclic) bond motifs is 2. The Morgan fingerprint density at radius 2 is 1.66 bits per heavy atom. The molecule has 3 atom stereocenters. The average Bonchev–Trinajstić information content (AvgIpc) is 3.32. The summed E-state index contributed by atoms with van der Waals surface area (Å²) in [6.45, 7) is 9.98. The van der Waals surface area contributed by atoms with Crippen LogP contribution in [0.25, 0.3) is 0 Å². The van der Waals surface area contributed by atoms with E-state index in [2.05, 4.69) is 36.2 Å². The van der Waals surface area contributed by atoms with Crippen molar-refractivity contribution in [3.8, 4) is 17.2 Å². The number of benzene rings is 2. The van der Waals surface area contributed by atoms with Gasteiger partial charge in [-0.2, -0.15) is 5.10 Å². The third-order valence-electron chi connectivity index (χ3n) is 9.20. The number of carbonyl (C=O) groups is 4. The fourth-order valence-corrected chi connectivity index (χ4v) is 6.40. The molecule has 2 aromatic carbocycles. The molecule has 286 valence electrons. The number of ether oxygens (including phenoxy) is 3. The van der Waals surface area contributed by atoms with E-state index in [9.17, 15) is 19.2 Å². The molecule has 0 radical (unpaired) electrons. The molecule has 3 heterocycles. The van der Waals surface area contributed by atoms with E-state index >= 15 is 0 Å². The first-order valence-corrected chi connectivity index (χ1v) is 18.3. The van der Waals surface area contributed by atoms with Crippen LogP contribution < -0.4 is 35.5 Å². The molecule has 3 aromatic rings. The van der Waals surface area contributed by atoms with Crippen molar-refractivity contribution in [3.05, 3.63) is 65.2 Å². The highest BCUT2D eigenvalue weighted by Gasteiger charge is 2.31. The molecule has 5 rings (SSSR count). The zero-order valence-electron chi connectivity index (χ0n) is 31.3. The summed E-state index contributed by atoms with van der Waals surface area (Å²) in [5.41, 5.74) is 1.73. The van der Waals surface area contributed by atoms with Gasteiger partial charge in [0.25, 0.3) is 0 Å². The number of hydrogen-bond acceptors (Lipinski definition) is 10. The third-order valence-corrected chi connectivity index (χ3v) is 9.20. The minimum Gasteiger partial charge on any atom is -0.496 e. The lowest BCUT2D eigenvalue weighted by Crippen LogP contribution is -2.54. The van der Waals surface area contributed by atoms with E-state index < -0.39 is 29.9 Å². The van der Waals surface area contributed by atoms with Gasteiger partial charge in [-0.05, 0) is 44.4 Å². The van der Waals surface area contributed by atoms with Gasteiger partial charge in [-0.1, -0.05) is 44.2 Å². The van der Waals surface area contributed by atoms with Gasteiger partial charge in [-0.15, -0.1) is 0 Å². The molecule has 1 aromatic heterocycles. The van der Waals surface area contributed by atoms with E-state index in [-0.39, 0.29) is 37.1 Å². The van der Waals surface area contributed by atoms with Gasteiger partial charge in [0.2, 0.25) is 23.6 Å².